The van der Waals surface area contributed by atoms with Crippen LogP contribution in [-0.4, -0.2) is 10.9 Å². The third-order valence-electron chi connectivity index (χ3n) is 4.39. The number of ketones is 1. The summed E-state index contributed by atoms with van der Waals surface area (Å²) in [5.41, 5.74) is 0.900. The van der Waals surface area contributed by atoms with Crippen molar-refractivity contribution >= 4 is 5.78 Å². The van der Waals surface area contributed by atoms with E-state index >= 15 is 0 Å². The second-order valence-electron chi connectivity index (χ2n) is 6.38. The van der Waals surface area contributed by atoms with Crippen LogP contribution < -0.4 is 0 Å². The SMILES string of the molecule is CC(C)(C)C1=C(O)C(=O)[C@H]2[C@@H]1[C@H]1C=C[C@@H]2C1. The standard InChI is InChI=1S/C14H18O2/c1-14(2,3)11-9-7-4-5-8(6-7)10(9)12(15)13(11)16/h4-5,7-10,16H,6H2,1-3H3/t7-,8+,9-,10+/m0/s1. The van der Waals surface area contributed by atoms with Crippen LogP contribution >= 0.6 is 0 Å². The molecule has 0 unspecified atom stereocenters. The molecule has 16 heavy (non-hydrogen) atoms. The maximum atomic E-state index is 12.1. The molecule has 0 heterocycles. The molecule has 0 aromatic heterocycles. The minimum atomic E-state index is -0.0997. The van der Waals surface area contributed by atoms with Crippen LogP contribution in [-0.2, 0) is 4.79 Å². The van der Waals surface area contributed by atoms with Crippen molar-refractivity contribution in [2.45, 2.75) is 27.2 Å². The summed E-state index contributed by atoms with van der Waals surface area (Å²) >= 11 is 0. The normalized spacial score (nSPS) is 41.1. The van der Waals surface area contributed by atoms with E-state index in [1.54, 1.807) is 0 Å². The number of carbonyl (C=O) groups is 1. The molecule has 1 N–H and O–H groups in total. The van der Waals surface area contributed by atoms with Gasteiger partial charge in [-0.15, -0.1) is 0 Å². The van der Waals surface area contributed by atoms with Gasteiger partial charge in [-0.3, -0.25) is 4.79 Å². The Morgan fingerprint density at radius 2 is 1.75 bits per heavy atom. The summed E-state index contributed by atoms with van der Waals surface area (Å²) < 4.78 is 0. The molecular formula is C14H18O2. The first-order chi connectivity index (χ1) is 7.41. The molecule has 2 nitrogen and oxygen atoms in total. The topological polar surface area (TPSA) is 37.3 Å². The second kappa shape index (κ2) is 2.79. The third-order valence-corrected chi connectivity index (χ3v) is 4.39. The second-order valence-corrected chi connectivity index (χ2v) is 6.38. The number of rotatable bonds is 0. The summed E-state index contributed by atoms with van der Waals surface area (Å²) in [7, 11) is 0. The number of hydrogen-bond donors (Lipinski definition) is 1. The van der Waals surface area contributed by atoms with Crippen LogP contribution in [0.5, 0.6) is 0 Å². The first-order valence-corrected chi connectivity index (χ1v) is 6.07. The number of aliphatic hydroxyl groups is 1. The number of allylic oxidation sites excluding steroid dienone is 4. The van der Waals surface area contributed by atoms with Crippen LogP contribution in [0.3, 0.4) is 0 Å². The third kappa shape index (κ3) is 1.05. The molecule has 3 aliphatic rings. The molecule has 0 radical (unpaired) electrons. The minimum Gasteiger partial charge on any atom is -0.504 e. The maximum absolute atomic E-state index is 12.1. The van der Waals surface area contributed by atoms with Crippen LogP contribution in [0.15, 0.2) is 23.5 Å². The van der Waals surface area contributed by atoms with Crippen LogP contribution in [0.1, 0.15) is 27.2 Å². The summed E-state index contributed by atoms with van der Waals surface area (Å²) in [5, 5.41) is 10.1. The molecule has 0 aliphatic heterocycles. The van der Waals surface area contributed by atoms with Gasteiger partial charge in [-0.2, -0.15) is 0 Å². The molecular weight excluding hydrogens is 200 g/mol. The lowest BCUT2D eigenvalue weighted by molar-refractivity contribution is -0.121. The van der Waals surface area contributed by atoms with Crippen LogP contribution in [0, 0.1) is 29.1 Å². The lowest BCUT2D eigenvalue weighted by atomic mass is 9.73. The lowest BCUT2D eigenvalue weighted by Crippen LogP contribution is -2.25. The molecule has 3 rings (SSSR count). The molecule has 0 aromatic rings. The van der Waals surface area contributed by atoms with E-state index in [4.69, 9.17) is 0 Å². The first kappa shape index (κ1) is 10.1. The molecule has 1 fully saturated rings. The van der Waals surface area contributed by atoms with E-state index in [9.17, 15) is 9.90 Å². The number of hydrogen-bond acceptors (Lipinski definition) is 2. The largest absolute Gasteiger partial charge is 0.504 e. The highest BCUT2D eigenvalue weighted by atomic mass is 16.3. The first-order valence-electron chi connectivity index (χ1n) is 6.07. The summed E-state index contributed by atoms with van der Waals surface area (Å²) in [5.74, 6) is 1.25. The lowest BCUT2D eigenvalue weighted by Gasteiger charge is -2.30. The van der Waals surface area contributed by atoms with Gasteiger partial charge in [-0.25, -0.2) is 0 Å². The van der Waals surface area contributed by atoms with E-state index in [0.717, 1.165) is 12.0 Å². The monoisotopic (exact) mass is 218 g/mol. The average molecular weight is 218 g/mol. The molecule has 0 aromatic carbocycles. The predicted octanol–water partition coefficient (Wildman–Crippen LogP) is 2.87. The number of fused-ring (bicyclic) bond motifs is 5. The van der Waals surface area contributed by atoms with E-state index in [2.05, 4.69) is 32.9 Å². The van der Waals surface area contributed by atoms with Crippen LogP contribution in [0.2, 0.25) is 0 Å². The minimum absolute atomic E-state index is 0.00762. The molecule has 2 heteroatoms. The van der Waals surface area contributed by atoms with Gasteiger partial charge < -0.3 is 5.11 Å². The van der Waals surface area contributed by atoms with Gasteiger partial charge in [0.25, 0.3) is 0 Å². The van der Waals surface area contributed by atoms with Crippen molar-refractivity contribution in [3.63, 3.8) is 0 Å². The van der Waals surface area contributed by atoms with Gasteiger partial charge in [0.15, 0.2) is 5.76 Å². The van der Waals surface area contributed by atoms with Gasteiger partial charge in [-0.1, -0.05) is 32.9 Å². The molecule has 0 amide bonds. The molecule has 0 saturated heterocycles. The molecule has 86 valence electrons. The fourth-order valence-electron chi connectivity index (χ4n) is 3.88. The fourth-order valence-corrected chi connectivity index (χ4v) is 3.88. The molecule has 2 bridgehead atoms. The van der Waals surface area contributed by atoms with E-state index in [-0.39, 0.29) is 28.8 Å². The highest BCUT2D eigenvalue weighted by Crippen LogP contribution is 2.58. The molecule has 1 saturated carbocycles. The Balaban J connectivity index is 2.11. The van der Waals surface area contributed by atoms with Crippen molar-refractivity contribution in [1.82, 2.24) is 0 Å². The maximum Gasteiger partial charge on any atom is 0.201 e. The number of Topliss-reactive ketones (excluding diaryl/α,β-unsaturated/α-hetero) is 1. The Hall–Kier alpha value is -1.05. The highest BCUT2D eigenvalue weighted by Gasteiger charge is 2.57. The quantitative estimate of drug-likeness (QED) is 0.635. The Labute approximate surface area is 96.0 Å². The van der Waals surface area contributed by atoms with Crippen molar-refractivity contribution in [3.8, 4) is 0 Å². The number of carbonyl (C=O) groups excluding carboxylic acids is 1. The van der Waals surface area contributed by atoms with E-state index in [1.165, 1.54) is 0 Å². The van der Waals surface area contributed by atoms with Gasteiger partial charge in [-0.05, 0) is 29.2 Å². The zero-order valence-corrected chi connectivity index (χ0v) is 10.0. The number of aliphatic hydroxyl groups excluding tert-OH is 1. The average Bonchev–Trinajstić information content (AvgIpc) is 2.78. The highest BCUT2D eigenvalue weighted by molar-refractivity contribution is 6.00. The molecule has 4 atom stereocenters. The van der Waals surface area contributed by atoms with Crippen molar-refractivity contribution in [3.05, 3.63) is 23.5 Å². The van der Waals surface area contributed by atoms with Crippen LogP contribution in [0.25, 0.3) is 0 Å². The summed E-state index contributed by atoms with van der Waals surface area (Å²) in [4.78, 5) is 12.1. The summed E-state index contributed by atoms with van der Waals surface area (Å²) in [6, 6.07) is 0. The Morgan fingerprint density at radius 3 is 2.31 bits per heavy atom. The van der Waals surface area contributed by atoms with Crippen molar-refractivity contribution in [2.75, 3.05) is 0 Å². The fraction of sp³-hybridized carbons (Fsp3) is 0.643. The van der Waals surface area contributed by atoms with E-state index < -0.39 is 0 Å². The van der Waals surface area contributed by atoms with Gasteiger partial charge in [0, 0.05) is 11.8 Å². The van der Waals surface area contributed by atoms with E-state index in [0.29, 0.717) is 11.8 Å². The summed E-state index contributed by atoms with van der Waals surface area (Å²) in [6.07, 6.45) is 5.51. The Morgan fingerprint density at radius 1 is 1.19 bits per heavy atom. The van der Waals surface area contributed by atoms with Crippen molar-refractivity contribution in [1.29, 1.82) is 0 Å². The molecule has 0 spiro atoms. The zero-order valence-electron chi connectivity index (χ0n) is 10.0. The summed E-state index contributed by atoms with van der Waals surface area (Å²) in [6.45, 7) is 6.26. The predicted molar refractivity (Wildman–Crippen MR) is 61.8 cm³/mol. The van der Waals surface area contributed by atoms with Gasteiger partial charge in [0.1, 0.15) is 0 Å². The zero-order chi connectivity index (χ0) is 11.7. The van der Waals surface area contributed by atoms with E-state index in [1.807, 2.05) is 0 Å². The Kier molecular flexibility index (Phi) is 1.77. The molecule has 3 aliphatic carbocycles. The van der Waals surface area contributed by atoms with Gasteiger partial charge >= 0.3 is 0 Å². The van der Waals surface area contributed by atoms with Gasteiger partial charge in [0.2, 0.25) is 5.78 Å². The van der Waals surface area contributed by atoms with Crippen molar-refractivity contribution in [2.24, 2.45) is 29.1 Å². The van der Waals surface area contributed by atoms with Gasteiger partial charge in [0.05, 0.1) is 0 Å². The smallest absolute Gasteiger partial charge is 0.201 e. The van der Waals surface area contributed by atoms with Crippen LogP contribution in [0.4, 0.5) is 0 Å². The van der Waals surface area contributed by atoms with Crippen molar-refractivity contribution < 1.29 is 9.90 Å². The Bertz CT molecular complexity index is 423.